The van der Waals surface area contributed by atoms with Crippen LogP contribution in [0, 0.1) is 0 Å². The minimum Gasteiger partial charge on any atom is -0.252 e. The first-order valence-electron chi connectivity index (χ1n) is 5.27. The van der Waals surface area contributed by atoms with Crippen molar-refractivity contribution >= 4 is 23.2 Å². The molecule has 2 nitrogen and oxygen atoms in total. The number of allylic oxidation sites excluding steroid dienone is 4. The van der Waals surface area contributed by atoms with Crippen LogP contribution in [-0.2, 0) is 0 Å². The number of rotatable bonds is 3. The van der Waals surface area contributed by atoms with Gasteiger partial charge in [-0.05, 0) is 19.1 Å². The van der Waals surface area contributed by atoms with Crippen molar-refractivity contribution in [1.82, 2.24) is 0 Å². The van der Waals surface area contributed by atoms with Gasteiger partial charge in [-0.3, -0.25) is 4.99 Å². The predicted octanol–water partition coefficient (Wildman–Crippen LogP) is 2.88. The van der Waals surface area contributed by atoms with E-state index in [4.69, 9.17) is 0 Å². The first kappa shape index (κ1) is 13.0. The summed E-state index contributed by atoms with van der Waals surface area (Å²) < 4.78 is 2.09. The average molecular weight is 235 g/mol. The summed E-state index contributed by atoms with van der Waals surface area (Å²) in [6.07, 6.45) is 6.00. The van der Waals surface area contributed by atoms with Crippen LogP contribution in [0.15, 0.2) is 40.4 Å². The van der Waals surface area contributed by atoms with Crippen LogP contribution in [0.2, 0.25) is 0 Å². The van der Waals surface area contributed by atoms with Gasteiger partial charge in [0.05, 0.1) is 11.4 Å². The van der Waals surface area contributed by atoms with Crippen LogP contribution in [0.4, 0.5) is 0 Å². The molecule has 0 bridgehead atoms. The molecule has 0 aromatic rings. The van der Waals surface area contributed by atoms with Crippen molar-refractivity contribution in [3.63, 3.8) is 0 Å². The van der Waals surface area contributed by atoms with Gasteiger partial charge in [0.15, 0.2) is 5.71 Å². The monoisotopic (exact) mass is 235 g/mol. The summed E-state index contributed by atoms with van der Waals surface area (Å²) in [7, 11) is 4.08. The van der Waals surface area contributed by atoms with Crippen molar-refractivity contribution in [2.24, 2.45) is 4.99 Å². The average Bonchev–Trinajstić information content (AvgIpc) is 2.27. The summed E-state index contributed by atoms with van der Waals surface area (Å²) in [5, 5.41) is 0. The van der Waals surface area contributed by atoms with E-state index in [1.54, 1.807) is 0 Å². The summed E-state index contributed by atoms with van der Waals surface area (Å²) >= 11 is 1.82. The second-order valence-corrected chi connectivity index (χ2v) is 5.10. The molecule has 0 atom stereocenters. The zero-order chi connectivity index (χ0) is 12.1. The lowest BCUT2D eigenvalue weighted by atomic mass is 10.3. The first-order valence-corrected chi connectivity index (χ1v) is 6.25. The summed E-state index contributed by atoms with van der Waals surface area (Å²) in [6, 6.07) is 0. The molecule has 0 N–H and O–H groups in total. The van der Waals surface area contributed by atoms with Crippen LogP contribution >= 0.6 is 11.8 Å². The fraction of sp³-hybridized carbons (Fsp3) is 0.385. The molecule has 0 spiro atoms. The molecule has 1 heterocycles. The van der Waals surface area contributed by atoms with Gasteiger partial charge in [0.2, 0.25) is 0 Å². The quantitative estimate of drug-likeness (QED) is 0.542. The number of thioether (sulfide) groups is 1. The molecule has 0 radical (unpaired) electrons. The Morgan fingerprint density at radius 2 is 2.19 bits per heavy atom. The van der Waals surface area contributed by atoms with E-state index in [-0.39, 0.29) is 0 Å². The highest BCUT2D eigenvalue weighted by molar-refractivity contribution is 8.03. The van der Waals surface area contributed by atoms with Gasteiger partial charge in [-0.15, -0.1) is 11.8 Å². The zero-order valence-electron chi connectivity index (χ0n) is 10.4. The van der Waals surface area contributed by atoms with Gasteiger partial charge < -0.3 is 0 Å². The van der Waals surface area contributed by atoms with Crippen molar-refractivity contribution < 1.29 is 4.58 Å². The molecule has 0 amide bonds. The summed E-state index contributed by atoms with van der Waals surface area (Å²) in [4.78, 5) is 5.80. The zero-order valence-corrected chi connectivity index (χ0v) is 11.3. The molecule has 0 aromatic carbocycles. The largest absolute Gasteiger partial charge is 0.252 e. The Morgan fingerprint density at radius 3 is 2.75 bits per heavy atom. The highest BCUT2D eigenvalue weighted by Crippen LogP contribution is 2.25. The van der Waals surface area contributed by atoms with Crippen LogP contribution in [-0.4, -0.2) is 35.8 Å². The Kier molecular flexibility index (Phi) is 4.74. The van der Waals surface area contributed by atoms with Crippen molar-refractivity contribution in [3.8, 4) is 0 Å². The van der Waals surface area contributed by atoms with Gasteiger partial charge in [-0.2, -0.15) is 0 Å². The predicted molar refractivity (Wildman–Crippen MR) is 74.7 cm³/mol. The topological polar surface area (TPSA) is 15.4 Å². The molecule has 0 fully saturated rings. The Morgan fingerprint density at radius 1 is 1.50 bits per heavy atom. The lowest BCUT2D eigenvalue weighted by Gasteiger charge is -2.11. The van der Waals surface area contributed by atoms with Crippen molar-refractivity contribution in [2.45, 2.75) is 13.8 Å². The second kappa shape index (κ2) is 5.85. The van der Waals surface area contributed by atoms with E-state index < -0.39 is 0 Å². The molecule has 0 aliphatic carbocycles. The van der Waals surface area contributed by atoms with E-state index in [9.17, 15) is 0 Å². The number of aliphatic imine (C=N–C) groups is 1. The summed E-state index contributed by atoms with van der Waals surface area (Å²) in [5.41, 5.74) is 3.32. The molecule has 1 rings (SSSR count). The number of hydrogen-bond acceptors (Lipinski definition) is 2. The maximum Gasteiger partial charge on any atom is 0.172 e. The first-order chi connectivity index (χ1) is 7.54. The third-order valence-corrected chi connectivity index (χ3v) is 3.56. The maximum atomic E-state index is 4.55. The fourth-order valence-corrected chi connectivity index (χ4v) is 1.96. The molecule has 16 heavy (non-hydrogen) atoms. The van der Waals surface area contributed by atoms with Gasteiger partial charge in [-0.1, -0.05) is 6.58 Å². The van der Waals surface area contributed by atoms with Crippen LogP contribution in [0.5, 0.6) is 0 Å². The fourth-order valence-electron chi connectivity index (χ4n) is 1.16. The highest BCUT2D eigenvalue weighted by Gasteiger charge is 2.08. The maximum absolute atomic E-state index is 4.55. The Labute approximate surface area is 102 Å². The minimum absolute atomic E-state index is 0.945. The normalized spacial score (nSPS) is 16.4. The van der Waals surface area contributed by atoms with Gasteiger partial charge >= 0.3 is 0 Å². The van der Waals surface area contributed by atoms with Crippen LogP contribution < -0.4 is 0 Å². The van der Waals surface area contributed by atoms with E-state index in [2.05, 4.69) is 42.1 Å². The molecule has 0 unspecified atom stereocenters. The minimum atomic E-state index is 0.945. The Bertz CT molecular complexity index is 408. The Balaban J connectivity index is 2.86. The molecule has 3 heteroatoms. The van der Waals surface area contributed by atoms with Crippen molar-refractivity contribution in [2.75, 3.05) is 19.8 Å². The van der Waals surface area contributed by atoms with E-state index in [1.165, 1.54) is 10.6 Å². The molecular weight excluding hydrogens is 216 g/mol. The molecule has 1 aliphatic heterocycles. The van der Waals surface area contributed by atoms with E-state index in [0.29, 0.717) is 0 Å². The van der Waals surface area contributed by atoms with Gasteiger partial charge in [0.1, 0.15) is 14.1 Å². The molecular formula is C13H19N2S+. The molecule has 1 aliphatic rings. The van der Waals surface area contributed by atoms with Gasteiger partial charge in [0.25, 0.3) is 0 Å². The van der Waals surface area contributed by atoms with E-state index in [1.807, 2.05) is 31.9 Å². The summed E-state index contributed by atoms with van der Waals surface area (Å²) in [5.74, 6) is 0.945. The van der Waals surface area contributed by atoms with Gasteiger partial charge in [-0.25, -0.2) is 4.58 Å². The molecule has 86 valence electrons. The standard InChI is InChI=1S/C13H19N2S/c1-6-13-11(3)16-9-12(14-13)8-7-10(2)15(4)5/h6-8H,1,9H2,2-5H3/q+1/b8-7-. The van der Waals surface area contributed by atoms with Crippen LogP contribution in [0.25, 0.3) is 0 Å². The van der Waals surface area contributed by atoms with E-state index >= 15 is 0 Å². The third-order valence-electron chi connectivity index (χ3n) is 2.48. The SMILES string of the molecule is C=CC1=C(C)SCC(/C=C\C(C)=[N+](C)C)=N1. The number of nitrogens with zero attached hydrogens (tertiary/aromatic N) is 2. The second-order valence-electron chi connectivity index (χ2n) is 3.91. The van der Waals surface area contributed by atoms with Crippen LogP contribution in [0.3, 0.4) is 0 Å². The van der Waals surface area contributed by atoms with Gasteiger partial charge in [0, 0.05) is 23.7 Å². The highest BCUT2D eigenvalue weighted by atomic mass is 32.2. The lowest BCUT2D eigenvalue weighted by Crippen LogP contribution is -2.09. The van der Waals surface area contributed by atoms with Crippen LogP contribution in [0.1, 0.15) is 13.8 Å². The Hall–Kier alpha value is -1.09. The number of hydrogen-bond donors (Lipinski definition) is 0. The summed E-state index contributed by atoms with van der Waals surface area (Å²) in [6.45, 7) is 7.95. The lowest BCUT2D eigenvalue weighted by molar-refractivity contribution is -0.464. The smallest absolute Gasteiger partial charge is 0.172 e. The van der Waals surface area contributed by atoms with Crippen molar-refractivity contribution in [3.05, 3.63) is 35.4 Å². The third kappa shape index (κ3) is 3.49. The van der Waals surface area contributed by atoms with E-state index in [0.717, 1.165) is 17.2 Å². The molecule has 0 saturated carbocycles. The van der Waals surface area contributed by atoms with Crippen molar-refractivity contribution in [1.29, 1.82) is 0 Å². The molecule has 0 saturated heterocycles. The molecule has 0 aromatic heterocycles.